The van der Waals surface area contributed by atoms with E-state index in [0.29, 0.717) is 29.1 Å². The summed E-state index contributed by atoms with van der Waals surface area (Å²) in [5.41, 5.74) is 4.11. The third-order valence-electron chi connectivity index (χ3n) is 4.28. The molecule has 0 spiro atoms. The van der Waals surface area contributed by atoms with Crippen LogP contribution in [0.25, 0.3) is 11.0 Å². The first-order valence-electron chi connectivity index (χ1n) is 8.54. The van der Waals surface area contributed by atoms with Crippen molar-refractivity contribution < 1.29 is 9.18 Å². The summed E-state index contributed by atoms with van der Waals surface area (Å²) in [7, 11) is 0. The third-order valence-corrected chi connectivity index (χ3v) is 4.28. The number of carbonyl (C=O) groups is 1. The van der Waals surface area contributed by atoms with Crippen LogP contribution in [0.4, 0.5) is 10.1 Å². The SMILES string of the molecule is Cc1ccc(C(=O)Nc2ccc3nc(Cc4ccccc4F)[nH]c3c2)cn1. The Bertz CT molecular complexity index is 1120. The molecular weight excluding hydrogens is 343 g/mol. The lowest BCUT2D eigenvalue weighted by molar-refractivity contribution is 0.102. The summed E-state index contributed by atoms with van der Waals surface area (Å²) in [6, 6.07) is 15.6. The van der Waals surface area contributed by atoms with E-state index in [0.717, 1.165) is 16.7 Å². The molecule has 2 heterocycles. The number of pyridine rings is 1. The normalized spacial score (nSPS) is 10.9. The van der Waals surface area contributed by atoms with Gasteiger partial charge >= 0.3 is 0 Å². The molecule has 0 radical (unpaired) electrons. The average Bonchev–Trinajstić information content (AvgIpc) is 3.06. The molecule has 2 aromatic heterocycles. The number of halogens is 1. The number of H-pyrrole nitrogens is 1. The first kappa shape index (κ1) is 16.9. The first-order valence-corrected chi connectivity index (χ1v) is 8.54. The van der Waals surface area contributed by atoms with Crippen LogP contribution in [-0.2, 0) is 6.42 Å². The summed E-state index contributed by atoms with van der Waals surface area (Å²) < 4.78 is 13.8. The quantitative estimate of drug-likeness (QED) is 0.572. The lowest BCUT2D eigenvalue weighted by Gasteiger charge is -2.05. The van der Waals surface area contributed by atoms with E-state index >= 15 is 0 Å². The molecule has 1 amide bonds. The highest BCUT2D eigenvalue weighted by Gasteiger charge is 2.10. The second-order valence-electron chi connectivity index (χ2n) is 6.33. The van der Waals surface area contributed by atoms with Crippen LogP contribution in [0.1, 0.15) is 27.4 Å². The Morgan fingerprint density at radius 3 is 2.78 bits per heavy atom. The fourth-order valence-corrected chi connectivity index (χ4v) is 2.85. The van der Waals surface area contributed by atoms with Crippen molar-refractivity contribution >= 4 is 22.6 Å². The monoisotopic (exact) mass is 360 g/mol. The molecule has 0 aliphatic rings. The Morgan fingerprint density at radius 1 is 1.15 bits per heavy atom. The summed E-state index contributed by atoms with van der Waals surface area (Å²) in [6.07, 6.45) is 1.92. The Kier molecular flexibility index (Phi) is 4.38. The average molecular weight is 360 g/mol. The van der Waals surface area contributed by atoms with Gasteiger partial charge in [0.15, 0.2) is 0 Å². The molecule has 0 unspecified atom stereocenters. The number of fused-ring (bicyclic) bond motifs is 1. The van der Waals surface area contributed by atoms with Gasteiger partial charge in [-0.05, 0) is 48.9 Å². The minimum atomic E-state index is -0.252. The Balaban J connectivity index is 1.55. The number of nitrogens with one attached hydrogen (secondary N) is 2. The molecule has 2 N–H and O–H groups in total. The molecule has 6 heteroatoms. The molecule has 0 saturated heterocycles. The van der Waals surface area contributed by atoms with E-state index in [1.807, 2.05) is 19.1 Å². The van der Waals surface area contributed by atoms with Crippen molar-refractivity contribution in [3.05, 3.63) is 89.3 Å². The first-order chi connectivity index (χ1) is 13.1. The standard InChI is InChI=1S/C21H17FN4O/c1-13-6-7-15(12-23-13)21(27)24-16-8-9-18-19(11-16)26-20(25-18)10-14-4-2-3-5-17(14)22/h2-9,11-12H,10H2,1H3,(H,24,27)(H,25,26). The van der Waals surface area contributed by atoms with Crippen LogP contribution in [0.15, 0.2) is 60.8 Å². The molecule has 27 heavy (non-hydrogen) atoms. The van der Waals surface area contributed by atoms with E-state index in [2.05, 4.69) is 20.3 Å². The van der Waals surface area contributed by atoms with Gasteiger partial charge in [-0.15, -0.1) is 0 Å². The summed E-state index contributed by atoms with van der Waals surface area (Å²) >= 11 is 0. The number of hydrogen-bond acceptors (Lipinski definition) is 3. The zero-order chi connectivity index (χ0) is 18.8. The van der Waals surface area contributed by atoms with Crippen LogP contribution in [0.3, 0.4) is 0 Å². The van der Waals surface area contributed by atoms with Gasteiger partial charge in [0.2, 0.25) is 0 Å². The molecular formula is C21H17FN4O. The van der Waals surface area contributed by atoms with Crippen LogP contribution in [-0.4, -0.2) is 20.9 Å². The molecule has 0 aliphatic carbocycles. The second kappa shape index (κ2) is 6.99. The largest absolute Gasteiger partial charge is 0.342 e. The molecule has 4 rings (SSSR count). The number of carbonyl (C=O) groups excluding carboxylic acids is 1. The molecule has 5 nitrogen and oxygen atoms in total. The number of aromatic amines is 1. The van der Waals surface area contributed by atoms with E-state index in [4.69, 9.17) is 0 Å². The maximum atomic E-state index is 13.8. The van der Waals surface area contributed by atoms with Crippen LogP contribution < -0.4 is 5.32 Å². The van der Waals surface area contributed by atoms with Crippen LogP contribution in [0, 0.1) is 12.7 Å². The van der Waals surface area contributed by atoms with Crippen LogP contribution >= 0.6 is 0 Å². The smallest absolute Gasteiger partial charge is 0.257 e. The fraction of sp³-hybridized carbons (Fsp3) is 0.0952. The van der Waals surface area contributed by atoms with Crippen molar-refractivity contribution in [1.29, 1.82) is 0 Å². The van der Waals surface area contributed by atoms with Crippen molar-refractivity contribution in [2.24, 2.45) is 0 Å². The van der Waals surface area contributed by atoms with E-state index in [9.17, 15) is 9.18 Å². The molecule has 134 valence electrons. The summed E-state index contributed by atoms with van der Waals surface area (Å²) in [5, 5.41) is 2.85. The van der Waals surface area contributed by atoms with Gasteiger partial charge in [0.1, 0.15) is 11.6 Å². The molecule has 0 atom stereocenters. The molecule has 0 saturated carbocycles. The fourth-order valence-electron chi connectivity index (χ4n) is 2.85. The maximum Gasteiger partial charge on any atom is 0.257 e. The van der Waals surface area contributed by atoms with Crippen molar-refractivity contribution in [1.82, 2.24) is 15.0 Å². The molecule has 0 bridgehead atoms. The number of aryl methyl sites for hydroxylation is 1. The van der Waals surface area contributed by atoms with Gasteiger partial charge in [-0.1, -0.05) is 18.2 Å². The van der Waals surface area contributed by atoms with Gasteiger partial charge in [-0.3, -0.25) is 9.78 Å². The highest BCUT2D eigenvalue weighted by Crippen LogP contribution is 2.20. The van der Waals surface area contributed by atoms with Crippen LogP contribution in [0.5, 0.6) is 0 Å². The Morgan fingerprint density at radius 2 is 2.00 bits per heavy atom. The van der Waals surface area contributed by atoms with Gasteiger partial charge in [0.05, 0.1) is 16.6 Å². The number of aromatic nitrogens is 3. The number of amides is 1. The molecule has 0 fully saturated rings. The van der Waals surface area contributed by atoms with Crippen molar-refractivity contribution in [2.45, 2.75) is 13.3 Å². The van der Waals surface area contributed by atoms with E-state index in [-0.39, 0.29) is 11.7 Å². The summed E-state index contributed by atoms with van der Waals surface area (Å²) in [5.74, 6) is 0.187. The van der Waals surface area contributed by atoms with Gasteiger partial charge in [-0.25, -0.2) is 9.37 Å². The lowest BCUT2D eigenvalue weighted by atomic mass is 10.1. The lowest BCUT2D eigenvalue weighted by Crippen LogP contribution is -2.12. The van der Waals surface area contributed by atoms with Gasteiger partial charge in [0, 0.05) is 24.0 Å². The highest BCUT2D eigenvalue weighted by molar-refractivity contribution is 6.04. The minimum absolute atomic E-state index is 0.229. The molecule has 2 aromatic carbocycles. The summed E-state index contributed by atoms with van der Waals surface area (Å²) in [4.78, 5) is 24.1. The number of rotatable bonds is 4. The van der Waals surface area contributed by atoms with E-state index < -0.39 is 0 Å². The number of imidazole rings is 1. The van der Waals surface area contributed by atoms with Gasteiger partial charge in [0.25, 0.3) is 5.91 Å². The van der Waals surface area contributed by atoms with E-state index in [1.54, 1.807) is 42.6 Å². The predicted molar refractivity (Wildman–Crippen MR) is 102 cm³/mol. The summed E-state index contributed by atoms with van der Waals surface area (Å²) in [6.45, 7) is 1.87. The maximum absolute atomic E-state index is 13.8. The topological polar surface area (TPSA) is 70.7 Å². The Hall–Kier alpha value is -3.54. The van der Waals surface area contributed by atoms with E-state index in [1.165, 1.54) is 6.07 Å². The minimum Gasteiger partial charge on any atom is -0.342 e. The van der Waals surface area contributed by atoms with Crippen molar-refractivity contribution in [3.63, 3.8) is 0 Å². The third kappa shape index (κ3) is 3.69. The van der Waals surface area contributed by atoms with Crippen LogP contribution in [0.2, 0.25) is 0 Å². The number of nitrogens with zero attached hydrogens (tertiary/aromatic N) is 2. The zero-order valence-corrected chi connectivity index (χ0v) is 14.7. The number of hydrogen-bond donors (Lipinski definition) is 2. The van der Waals surface area contributed by atoms with Gasteiger partial charge < -0.3 is 10.3 Å². The Labute approximate surface area is 155 Å². The molecule has 4 aromatic rings. The van der Waals surface area contributed by atoms with Crippen molar-refractivity contribution in [2.75, 3.05) is 5.32 Å². The molecule has 0 aliphatic heterocycles. The predicted octanol–water partition coefficient (Wildman–Crippen LogP) is 4.25. The van der Waals surface area contributed by atoms with Gasteiger partial charge in [-0.2, -0.15) is 0 Å². The van der Waals surface area contributed by atoms with Crippen molar-refractivity contribution in [3.8, 4) is 0 Å². The highest BCUT2D eigenvalue weighted by atomic mass is 19.1. The second-order valence-corrected chi connectivity index (χ2v) is 6.33. The zero-order valence-electron chi connectivity index (χ0n) is 14.7. The number of anilines is 1. The number of benzene rings is 2.